The molecule has 36 heavy (non-hydrogen) atoms. The van der Waals surface area contributed by atoms with E-state index in [1.807, 2.05) is 25.9 Å². The van der Waals surface area contributed by atoms with Crippen molar-refractivity contribution in [3.05, 3.63) is 77.4 Å². The van der Waals surface area contributed by atoms with Gasteiger partial charge >= 0.3 is 0 Å². The third-order valence-electron chi connectivity index (χ3n) is 7.06. The number of amides is 2. The lowest BCUT2D eigenvalue weighted by Gasteiger charge is -2.35. The number of para-hydroxylation sites is 1. The number of hydrogen-bond donors (Lipinski definition) is 1. The molecule has 8 heteroatoms. The Hall–Kier alpha value is -3.91. The molecule has 1 spiro atoms. The molecule has 0 saturated carbocycles. The molecule has 0 radical (unpaired) electrons. The van der Waals surface area contributed by atoms with Crippen LogP contribution in [0.25, 0.3) is 5.76 Å². The minimum absolute atomic E-state index is 0.00310. The largest absolute Gasteiger partial charge is 0.507 e. The van der Waals surface area contributed by atoms with Gasteiger partial charge in [0.1, 0.15) is 17.6 Å². The van der Waals surface area contributed by atoms with Crippen LogP contribution in [0.4, 0.5) is 5.69 Å². The maximum Gasteiger partial charge on any atom is 0.296 e. The van der Waals surface area contributed by atoms with Crippen molar-refractivity contribution >= 4 is 29.0 Å². The summed E-state index contributed by atoms with van der Waals surface area (Å²) >= 11 is 0. The highest BCUT2D eigenvalue weighted by molar-refractivity contribution is 6.50. The fraction of sp³-hybridized carbons (Fsp3) is 0.321. The van der Waals surface area contributed by atoms with Crippen LogP contribution in [0.2, 0.25) is 0 Å². The summed E-state index contributed by atoms with van der Waals surface area (Å²) in [7, 11) is 3.70. The Bertz CT molecular complexity index is 1330. The molecular weight excluding hydrogens is 458 g/mol. The lowest BCUT2D eigenvalue weighted by atomic mass is 9.81. The number of ketones is 1. The van der Waals surface area contributed by atoms with Gasteiger partial charge in [-0.1, -0.05) is 24.3 Å². The van der Waals surface area contributed by atoms with Crippen molar-refractivity contribution in [1.29, 1.82) is 0 Å². The summed E-state index contributed by atoms with van der Waals surface area (Å²) in [5.41, 5.74) is 0.368. The molecule has 1 N–H and O–H groups in total. The number of rotatable bonds is 6. The normalized spacial score (nSPS) is 24.0. The molecule has 5 rings (SSSR count). The number of benzene rings is 2. The third-order valence-corrected chi connectivity index (χ3v) is 7.06. The number of hydrogen-bond acceptors (Lipinski definition) is 6. The fourth-order valence-corrected chi connectivity index (χ4v) is 5.49. The molecule has 0 aromatic heterocycles. The van der Waals surface area contributed by atoms with E-state index in [1.54, 1.807) is 48.5 Å². The van der Waals surface area contributed by atoms with E-state index in [0.717, 1.165) is 11.3 Å². The Labute approximate surface area is 210 Å². The first kappa shape index (κ1) is 23.8. The van der Waals surface area contributed by atoms with Gasteiger partial charge in [-0.3, -0.25) is 14.4 Å². The van der Waals surface area contributed by atoms with Gasteiger partial charge in [0, 0.05) is 37.2 Å². The lowest BCUT2D eigenvalue weighted by Crippen LogP contribution is -2.53. The van der Waals surface area contributed by atoms with Crippen LogP contribution in [-0.4, -0.2) is 72.3 Å². The van der Waals surface area contributed by atoms with Gasteiger partial charge in [-0.15, -0.1) is 6.58 Å². The number of ether oxygens (including phenoxy) is 1. The number of anilines is 1. The highest BCUT2D eigenvalue weighted by Crippen LogP contribution is 2.53. The molecule has 3 aliphatic rings. The van der Waals surface area contributed by atoms with Crippen LogP contribution in [0, 0.1) is 0 Å². The average molecular weight is 488 g/mol. The minimum atomic E-state index is -1.77. The van der Waals surface area contributed by atoms with Crippen molar-refractivity contribution < 1.29 is 24.2 Å². The highest BCUT2D eigenvalue weighted by atomic mass is 16.5. The molecule has 2 aromatic rings. The van der Waals surface area contributed by atoms with E-state index in [2.05, 4.69) is 6.58 Å². The summed E-state index contributed by atoms with van der Waals surface area (Å²) < 4.78 is 5.77. The smallest absolute Gasteiger partial charge is 0.296 e. The van der Waals surface area contributed by atoms with E-state index in [1.165, 1.54) is 9.80 Å². The number of nitrogens with zero attached hydrogens (tertiary/aromatic N) is 3. The summed E-state index contributed by atoms with van der Waals surface area (Å²) in [6.45, 7) is 6.49. The van der Waals surface area contributed by atoms with Crippen molar-refractivity contribution in [3.63, 3.8) is 0 Å². The van der Waals surface area contributed by atoms with Crippen LogP contribution in [0.3, 0.4) is 0 Å². The zero-order valence-corrected chi connectivity index (χ0v) is 20.7. The molecule has 0 aliphatic carbocycles. The first-order valence-electron chi connectivity index (χ1n) is 12.0. The summed E-state index contributed by atoms with van der Waals surface area (Å²) in [4.78, 5) is 46.0. The van der Waals surface area contributed by atoms with Gasteiger partial charge < -0.3 is 24.5 Å². The Balaban J connectivity index is 1.77. The van der Waals surface area contributed by atoms with E-state index >= 15 is 0 Å². The summed E-state index contributed by atoms with van der Waals surface area (Å²) in [6.07, 6.45) is 2.26. The molecule has 2 aromatic carbocycles. The van der Waals surface area contributed by atoms with Gasteiger partial charge in [-0.2, -0.15) is 0 Å². The Morgan fingerprint density at radius 1 is 1.22 bits per heavy atom. The standard InChI is InChI=1S/C28H29N3O5/c1-5-12-30-21-9-7-6-8-20(21)28(27(30)35)23(25(33)26(34)31(28)14-13-29(3)4)24(32)18-10-11-22-19(16-18)15-17(2)36-22/h5-11,16-17,32H,1,12-15H2,2-4H3/t17-,28-/m0/s1. The molecule has 0 unspecified atom stereocenters. The first-order valence-corrected chi connectivity index (χ1v) is 12.0. The monoisotopic (exact) mass is 487 g/mol. The topological polar surface area (TPSA) is 90.4 Å². The van der Waals surface area contributed by atoms with Crippen molar-refractivity contribution in [2.45, 2.75) is 25.0 Å². The number of fused-ring (bicyclic) bond motifs is 3. The van der Waals surface area contributed by atoms with Crippen molar-refractivity contribution in [2.75, 3.05) is 38.6 Å². The van der Waals surface area contributed by atoms with Gasteiger partial charge in [-0.25, -0.2) is 0 Å². The molecule has 0 bridgehead atoms. The maximum absolute atomic E-state index is 14.3. The van der Waals surface area contributed by atoms with E-state index in [4.69, 9.17) is 4.74 Å². The van der Waals surface area contributed by atoms with E-state index in [-0.39, 0.29) is 30.5 Å². The Kier molecular flexibility index (Phi) is 5.71. The molecule has 3 aliphatic heterocycles. The number of aliphatic hydroxyl groups is 1. The van der Waals surface area contributed by atoms with Gasteiger partial charge in [0.15, 0.2) is 5.54 Å². The Morgan fingerprint density at radius 3 is 2.69 bits per heavy atom. The second kappa shape index (κ2) is 8.64. The van der Waals surface area contributed by atoms with Crippen LogP contribution in [0.15, 0.2) is 60.7 Å². The lowest BCUT2D eigenvalue weighted by molar-refractivity contribution is -0.143. The van der Waals surface area contributed by atoms with Gasteiger partial charge in [-0.05, 0) is 50.8 Å². The summed E-state index contributed by atoms with van der Waals surface area (Å²) in [6, 6.07) is 12.3. The average Bonchev–Trinajstić information content (AvgIpc) is 3.42. The second-order valence-corrected chi connectivity index (χ2v) is 9.70. The molecule has 2 atom stereocenters. The van der Waals surface area contributed by atoms with Crippen LogP contribution < -0.4 is 9.64 Å². The first-order chi connectivity index (χ1) is 17.2. The highest BCUT2D eigenvalue weighted by Gasteiger charge is 2.66. The number of likely N-dealkylation sites (N-methyl/N-ethyl adjacent to an activating group) is 1. The van der Waals surface area contributed by atoms with Gasteiger partial charge in [0.05, 0.1) is 11.3 Å². The third kappa shape index (κ3) is 3.28. The predicted octanol–water partition coefficient (Wildman–Crippen LogP) is 2.68. The minimum Gasteiger partial charge on any atom is -0.507 e. The molecule has 186 valence electrons. The fourth-order valence-electron chi connectivity index (χ4n) is 5.49. The molecule has 8 nitrogen and oxygen atoms in total. The predicted molar refractivity (Wildman–Crippen MR) is 136 cm³/mol. The van der Waals surface area contributed by atoms with Crippen LogP contribution in [-0.2, 0) is 26.3 Å². The van der Waals surface area contributed by atoms with Crippen molar-refractivity contribution in [2.24, 2.45) is 0 Å². The zero-order chi connectivity index (χ0) is 25.8. The van der Waals surface area contributed by atoms with Gasteiger partial charge in [0.25, 0.3) is 17.6 Å². The second-order valence-electron chi connectivity index (χ2n) is 9.70. The Morgan fingerprint density at radius 2 is 1.97 bits per heavy atom. The summed E-state index contributed by atoms with van der Waals surface area (Å²) in [5, 5.41) is 11.6. The van der Waals surface area contributed by atoms with Crippen LogP contribution >= 0.6 is 0 Å². The van der Waals surface area contributed by atoms with Crippen molar-refractivity contribution in [1.82, 2.24) is 9.80 Å². The van der Waals surface area contributed by atoms with E-state index < -0.39 is 23.1 Å². The molecule has 1 saturated heterocycles. The SMILES string of the molecule is C=CCN1C(=O)[C@@]2(C(=C(O)c3ccc4c(c3)C[C@H](C)O4)C(=O)C(=O)N2CCN(C)C)c2ccccc21. The zero-order valence-electron chi connectivity index (χ0n) is 20.7. The quantitative estimate of drug-likeness (QED) is 0.292. The number of carbonyl (C=O) groups excluding carboxylic acids is 3. The van der Waals surface area contributed by atoms with Crippen LogP contribution in [0.1, 0.15) is 23.6 Å². The number of likely N-dealkylation sites (tertiary alicyclic amines) is 1. The number of Topliss-reactive ketones (excluding diaryl/α,β-unsaturated/α-hetero) is 1. The van der Waals surface area contributed by atoms with Crippen molar-refractivity contribution in [3.8, 4) is 5.75 Å². The number of carbonyl (C=O) groups is 3. The van der Waals surface area contributed by atoms with E-state index in [9.17, 15) is 19.5 Å². The van der Waals surface area contributed by atoms with Gasteiger partial charge in [0.2, 0.25) is 0 Å². The molecule has 3 heterocycles. The van der Waals surface area contributed by atoms with E-state index in [0.29, 0.717) is 29.8 Å². The summed E-state index contributed by atoms with van der Waals surface area (Å²) in [5.74, 6) is -1.78. The molecule has 1 fully saturated rings. The maximum atomic E-state index is 14.3. The van der Waals surface area contributed by atoms with Crippen LogP contribution in [0.5, 0.6) is 5.75 Å². The molecular formula is C28H29N3O5. The molecule has 2 amide bonds. The number of aliphatic hydroxyl groups excluding tert-OH is 1.